The minimum atomic E-state index is -3.61. The summed E-state index contributed by atoms with van der Waals surface area (Å²) < 4.78 is 25.9. The maximum absolute atomic E-state index is 12.6. The number of amides is 1. The normalized spacial score (nSPS) is 15.1. The third kappa shape index (κ3) is 5.52. The van der Waals surface area contributed by atoms with E-state index in [9.17, 15) is 13.2 Å². The molecule has 2 aromatic carbocycles. The average molecular weight is 431 g/mol. The predicted molar refractivity (Wildman–Crippen MR) is 123 cm³/mol. The van der Waals surface area contributed by atoms with Crippen molar-refractivity contribution in [1.29, 1.82) is 0 Å². The topological polar surface area (TPSA) is 73.0 Å². The highest BCUT2D eigenvalue weighted by Crippen LogP contribution is 2.24. The summed E-state index contributed by atoms with van der Waals surface area (Å²) in [4.78, 5) is 17.2. The first kappa shape index (κ1) is 22.1. The molecule has 1 aliphatic rings. The highest BCUT2D eigenvalue weighted by atomic mass is 32.2. The van der Waals surface area contributed by atoms with Crippen molar-refractivity contribution in [2.75, 3.05) is 60.5 Å². The number of nitrogens with one attached hydrogen (secondary N) is 1. The molecule has 0 atom stereocenters. The smallest absolute Gasteiger partial charge is 0.245 e. The van der Waals surface area contributed by atoms with Gasteiger partial charge in [0.05, 0.1) is 11.9 Å². The van der Waals surface area contributed by atoms with Crippen molar-refractivity contribution in [3.8, 4) is 0 Å². The quantitative estimate of drug-likeness (QED) is 0.762. The molecule has 0 radical (unpaired) electrons. The van der Waals surface area contributed by atoms with E-state index >= 15 is 0 Å². The Kier molecular flexibility index (Phi) is 6.67. The Balaban J connectivity index is 1.69. The first-order valence-corrected chi connectivity index (χ1v) is 11.9. The summed E-state index contributed by atoms with van der Waals surface area (Å²) in [6, 6.07) is 13.2. The molecule has 2 aromatic rings. The number of carbonyl (C=O) groups is 1. The van der Waals surface area contributed by atoms with Crippen LogP contribution in [-0.4, -0.2) is 65.3 Å². The molecule has 0 aliphatic carbocycles. The second-order valence-electron chi connectivity index (χ2n) is 7.94. The van der Waals surface area contributed by atoms with Gasteiger partial charge in [-0.25, -0.2) is 8.42 Å². The van der Waals surface area contributed by atoms with Gasteiger partial charge in [0.2, 0.25) is 15.9 Å². The molecule has 30 heavy (non-hydrogen) atoms. The van der Waals surface area contributed by atoms with Gasteiger partial charge in [0, 0.05) is 37.6 Å². The van der Waals surface area contributed by atoms with Crippen LogP contribution in [0.15, 0.2) is 42.5 Å². The van der Waals surface area contributed by atoms with Crippen molar-refractivity contribution in [1.82, 2.24) is 4.90 Å². The van der Waals surface area contributed by atoms with Gasteiger partial charge in [0.25, 0.3) is 0 Å². The van der Waals surface area contributed by atoms with Gasteiger partial charge in [-0.15, -0.1) is 0 Å². The van der Waals surface area contributed by atoms with Gasteiger partial charge >= 0.3 is 0 Å². The molecular formula is C22H30N4O3S. The minimum absolute atomic E-state index is 0.274. The second kappa shape index (κ2) is 9.06. The lowest BCUT2D eigenvalue weighted by molar-refractivity contribution is -0.114. The van der Waals surface area contributed by atoms with Crippen molar-refractivity contribution in [2.24, 2.45) is 0 Å². The minimum Gasteiger partial charge on any atom is -0.369 e. The van der Waals surface area contributed by atoms with Gasteiger partial charge < -0.3 is 15.1 Å². The highest BCUT2D eigenvalue weighted by Gasteiger charge is 2.22. The number of benzene rings is 2. The summed E-state index contributed by atoms with van der Waals surface area (Å²) in [6.07, 6.45) is 1.12. The molecule has 0 unspecified atom stereocenters. The fraction of sp³-hybridized carbons (Fsp3) is 0.409. The summed E-state index contributed by atoms with van der Waals surface area (Å²) in [6.45, 7) is 7.45. The van der Waals surface area contributed by atoms with E-state index in [1.54, 1.807) is 6.07 Å². The van der Waals surface area contributed by atoms with Gasteiger partial charge in [-0.1, -0.05) is 12.1 Å². The number of nitrogens with zero attached hydrogens (tertiary/aromatic N) is 3. The molecule has 1 fully saturated rings. The summed E-state index contributed by atoms with van der Waals surface area (Å²) in [5.74, 6) is -0.381. The molecule has 7 nitrogen and oxygen atoms in total. The zero-order valence-electron chi connectivity index (χ0n) is 18.1. The summed E-state index contributed by atoms with van der Waals surface area (Å²) in [5.41, 5.74) is 4.03. The van der Waals surface area contributed by atoms with Crippen LogP contribution in [0, 0.1) is 13.8 Å². The van der Waals surface area contributed by atoms with Crippen LogP contribution < -0.4 is 14.5 Å². The van der Waals surface area contributed by atoms with Crippen molar-refractivity contribution >= 4 is 33.0 Å². The van der Waals surface area contributed by atoms with Gasteiger partial charge in [0.1, 0.15) is 6.54 Å². The molecule has 1 amide bonds. The molecule has 1 saturated heterocycles. The van der Waals surface area contributed by atoms with E-state index in [1.807, 2.05) is 50.2 Å². The van der Waals surface area contributed by atoms with Crippen molar-refractivity contribution in [2.45, 2.75) is 13.8 Å². The summed E-state index contributed by atoms with van der Waals surface area (Å²) in [5, 5.41) is 2.81. The third-order valence-corrected chi connectivity index (χ3v) is 6.47. The molecule has 3 rings (SSSR count). The fourth-order valence-electron chi connectivity index (χ4n) is 3.52. The molecule has 1 aliphatic heterocycles. The second-order valence-corrected chi connectivity index (χ2v) is 9.85. The predicted octanol–water partition coefficient (Wildman–Crippen LogP) is 2.46. The molecule has 0 bridgehead atoms. The zero-order valence-corrected chi connectivity index (χ0v) is 18.9. The maximum atomic E-state index is 12.6. The van der Waals surface area contributed by atoms with Crippen molar-refractivity contribution < 1.29 is 13.2 Å². The van der Waals surface area contributed by atoms with Gasteiger partial charge in [-0.2, -0.15) is 0 Å². The number of rotatable bonds is 6. The number of anilines is 3. The van der Waals surface area contributed by atoms with Gasteiger partial charge in [0.15, 0.2) is 0 Å². The van der Waals surface area contributed by atoms with Crippen LogP contribution in [0.25, 0.3) is 0 Å². The standard InChI is InChI=1S/C22H30N4O3S/c1-17-5-6-18(2)21(15-17)26(30(4,28)29)16-22(27)23-19-7-9-20(10-8-19)25-13-11-24(3)12-14-25/h5-10,15H,11-14,16H2,1-4H3,(H,23,27). The van der Waals surface area contributed by atoms with Gasteiger partial charge in [-0.3, -0.25) is 9.10 Å². The van der Waals surface area contributed by atoms with Crippen LogP contribution in [0.4, 0.5) is 17.1 Å². The van der Waals surface area contributed by atoms with Gasteiger partial charge in [-0.05, 0) is 62.4 Å². The number of piperazine rings is 1. The van der Waals surface area contributed by atoms with E-state index in [1.165, 1.54) is 0 Å². The fourth-order valence-corrected chi connectivity index (χ4v) is 4.43. The molecule has 0 aromatic heterocycles. The Hall–Kier alpha value is -2.58. The Morgan fingerprint density at radius 3 is 2.27 bits per heavy atom. The van der Waals surface area contributed by atoms with Crippen molar-refractivity contribution in [3.63, 3.8) is 0 Å². The van der Waals surface area contributed by atoms with E-state index in [4.69, 9.17) is 0 Å². The van der Waals surface area contributed by atoms with E-state index < -0.39 is 10.0 Å². The maximum Gasteiger partial charge on any atom is 0.245 e. The number of hydrogen-bond donors (Lipinski definition) is 1. The lowest BCUT2D eigenvalue weighted by atomic mass is 10.1. The number of aryl methyl sites for hydroxylation is 2. The molecule has 1 N–H and O–H groups in total. The highest BCUT2D eigenvalue weighted by molar-refractivity contribution is 7.92. The van der Waals surface area contributed by atoms with Crippen LogP contribution >= 0.6 is 0 Å². The zero-order chi connectivity index (χ0) is 21.9. The largest absolute Gasteiger partial charge is 0.369 e. The first-order chi connectivity index (χ1) is 14.1. The van der Waals surface area contributed by atoms with E-state index in [0.717, 1.165) is 53.6 Å². The Bertz CT molecular complexity index is 998. The van der Waals surface area contributed by atoms with Crippen LogP contribution in [0.3, 0.4) is 0 Å². The Morgan fingerprint density at radius 1 is 1.03 bits per heavy atom. The monoisotopic (exact) mass is 430 g/mol. The molecule has 162 valence electrons. The van der Waals surface area contributed by atoms with Crippen LogP contribution in [0.1, 0.15) is 11.1 Å². The summed E-state index contributed by atoms with van der Waals surface area (Å²) in [7, 11) is -1.49. The number of sulfonamides is 1. The van der Waals surface area contributed by atoms with E-state index in [2.05, 4.69) is 22.2 Å². The molecular weight excluding hydrogens is 400 g/mol. The lowest BCUT2D eigenvalue weighted by Gasteiger charge is -2.34. The van der Waals surface area contributed by atoms with Crippen LogP contribution in [0.5, 0.6) is 0 Å². The number of hydrogen-bond acceptors (Lipinski definition) is 5. The molecule has 0 spiro atoms. The van der Waals surface area contributed by atoms with E-state index in [0.29, 0.717) is 11.4 Å². The lowest BCUT2D eigenvalue weighted by Crippen LogP contribution is -2.44. The molecule has 1 heterocycles. The SMILES string of the molecule is Cc1ccc(C)c(N(CC(=O)Nc2ccc(N3CCN(C)CC3)cc2)S(C)(=O)=O)c1. The molecule has 8 heteroatoms. The summed E-state index contributed by atoms with van der Waals surface area (Å²) >= 11 is 0. The van der Waals surface area contributed by atoms with Crippen LogP contribution in [0.2, 0.25) is 0 Å². The van der Waals surface area contributed by atoms with Crippen molar-refractivity contribution in [3.05, 3.63) is 53.6 Å². The van der Waals surface area contributed by atoms with E-state index in [-0.39, 0.29) is 12.5 Å². The Labute approximate surface area is 179 Å². The average Bonchev–Trinajstić information content (AvgIpc) is 2.69. The number of likely N-dealkylation sites (N-methyl/N-ethyl adjacent to an activating group) is 1. The first-order valence-electron chi connectivity index (χ1n) is 10.0. The van der Waals surface area contributed by atoms with Crippen LogP contribution in [-0.2, 0) is 14.8 Å². The number of carbonyl (C=O) groups excluding carboxylic acids is 1. The third-order valence-electron chi connectivity index (χ3n) is 5.34. The molecule has 0 saturated carbocycles. The Morgan fingerprint density at radius 2 is 1.67 bits per heavy atom.